The number of aryl methyl sites for hydroxylation is 4. The maximum absolute atomic E-state index is 13.3. The van der Waals surface area contributed by atoms with Gasteiger partial charge in [0, 0.05) is 57.7 Å². The topological polar surface area (TPSA) is 227 Å². The third-order valence-corrected chi connectivity index (χ3v) is 21.2. The Hall–Kier alpha value is -4.56. The van der Waals surface area contributed by atoms with E-state index in [0.717, 1.165) is 110 Å². The van der Waals surface area contributed by atoms with E-state index in [2.05, 4.69) is 29.8 Å². The average Bonchev–Trinajstić information content (AvgIpc) is 4.35. The van der Waals surface area contributed by atoms with Crippen LogP contribution in [-0.2, 0) is 42.5 Å². The summed E-state index contributed by atoms with van der Waals surface area (Å²) in [6.45, 7) is 17.3. The van der Waals surface area contributed by atoms with Crippen LogP contribution in [0.25, 0.3) is 0 Å². The van der Waals surface area contributed by atoms with Gasteiger partial charge in [0.25, 0.3) is 17.7 Å². The van der Waals surface area contributed by atoms with Gasteiger partial charge >= 0.3 is 5.97 Å². The second-order valence-electron chi connectivity index (χ2n) is 23.7. The molecule has 8 rings (SSSR count). The second-order valence-corrected chi connectivity index (χ2v) is 27.9. The molecule has 0 atom stereocenters. The Morgan fingerprint density at radius 2 is 0.877 bits per heavy atom. The van der Waals surface area contributed by atoms with Gasteiger partial charge in [-0.3, -0.25) is 24.4 Å². The highest BCUT2D eigenvalue weighted by Crippen LogP contribution is 2.34. The zero-order valence-corrected chi connectivity index (χ0v) is 51.7. The molecule has 4 N–H and O–H groups in total. The van der Waals surface area contributed by atoms with Gasteiger partial charge in [0.05, 0.1) is 17.1 Å². The molecule has 81 heavy (non-hydrogen) atoms. The van der Waals surface area contributed by atoms with Gasteiger partial charge in [0.15, 0.2) is 0 Å². The lowest BCUT2D eigenvalue weighted by atomic mass is 9.89. The number of sulfonamides is 2. The fourth-order valence-corrected chi connectivity index (χ4v) is 15.2. The highest BCUT2D eigenvalue weighted by Gasteiger charge is 2.48. The molecule has 2 aromatic carbocycles. The number of carbonyl (C=O) groups is 4. The lowest BCUT2D eigenvalue weighted by molar-refractivity contribution is -0.125. The maximum Gasteiger partial charge on any atom is 0.335 e. The first kappa shape index (κ1) is 65.6. The largest absolute Gasteiger partial charge is 0.478 e. The van der Waals surface area contributed by atoms with E-state index in [-0.39, 0.29) is 47.9 Å². The van der Waals surface area contributed by atoms with Gasteiger partial charge in [-0.25, -0.2) is 30.2 Å². The van der Waals surface area contributed by atoms with Crippen molar-refractivity contribution in [2.45, 2.75) is 220 Å². The van der Waals surface area contributed by atoms with E-state index >= 15 is 0 Å². The van der Waals surface area contributed by atoms with Gasteiger partial charge < -0.3 is 26.0 Å². The minimum atomic E-state index is -3.51. The van der Waals surface area contributed by atoms with Crippen LogP contribution in [0.5, 0.6) is 0 Å². The highest BCUT2D eigenvalue weighted by atomic mass is 32.2. The lowest BCUT2D eigenvalue weighted by Gasteiger charge is -2.34. The molecule has 0 unspecified atom stereocenters. The molecule has 4 saturated heterocycles. The van der Waals surface area contributed by atoms with E-state index in [4.69, 9.17) is 9.98 Å². The predicted octanol–water partition coefficient (Wildman–Crippen LogP) is 9.66. The van der Waals surface area contributed by atoms with Crippen molar-refractivity contribution in [2.75, 3.05) is 63.9 Å². The number of hydrogen-bond donors (Lipinski definition) is 4. The quantitative estimate of drug-likeness (QED) is 0.0652. The molecule has 0 radical (unpaired) electrons. The van der Waals surface area contributed by atoms with Gasteiger partial charge in [-0.15, -0.1) is 0 Å². The Labute approximate surface area is 485 Å². The number of hydrogen-bond acceptors (Lipinski definition) is 11. The molecule has 0 aliphatic carbocycles. The molecule has 0 saturated carbocycles. The van der Waals surface area contributed by atoms with E-state index in [1.54, 1.807) is 12.1 Å². The minimum absolute atomic E-state index is 0.0140. The van der Waals surface area contributed by atoms with Gasteiger partial charge in [-0.05, 0) is 175 Å². The molecule has 452 valence electrons. The summed E-state index contributed by atoms with van der Waals surface area (Å²) in [4.78, 5) is 61.1. The number of likely N-dealkylation sites (tertiary alicyclic amines) is 1. The van der Waals surface area contributed by atoms with Crippen LogP contribution in [0.4, 0.5) is 0 Å². The normalized spacial score (nSPS) is 19.0. The summed E-state index contributed by atoms with van der Waals surface area (Å²) in [5, 5.41) is 18.4. The van der Waals surface area contributed by atoms with Gasteiger partial charge in [0.2, 0.25) is 20.0 Å². The molecule has 0 bridgehead atoms. The summed E-state index contributed by atoms with van der Waals surface area (Å²) in [6, 6.07) is 6.98. The molecule has 2 spiro atoms. The predicted molar refractivity (Wildman–Crippen MR) is 324 cm³/mol. The number of aromatic carboxylic acids is 1. The van der Waals surface area contributed by atoms with E-state index in [0.29, 0.717) is 57.2 Å². The molecule has 19 heteroatoms. The fraction of sp³-hybridized carbons (Fsp3) is 0.710. The summed E-state index contributed by atoms with van der Waals surface area (Å²) >= 11 is 0. The number of amidine groups is 2. The number of rotatable bonds is 26. The number of carbonyl (C=O) groups excluding carboxylic acids is 3. The third kappa shape index (κ3) is 18.7. The van der Waals surface area contributed by atoms with Crippen LogP contribution in [0.15, 0.2) is 34.3 Å². The molecular weight excluding hydrogens is 1060 g/mol. The molecule has 0 aromatic heterocycles. The Kier molecular flexibility index (Phi) is 25.4. The van der Waals surface area contributed by atoms with Crippen LogP contribution in [0, 0.1) is 27.7 Å². The van der Waals surface area contributed by atoms with Crippen molar-refractivity contribution in [2.24, 2.45) is 9.98 Å². The number of amides is 3. The summed E-state index contributed by atoms with van der Waals surface area (Å²) in [7, 11) is -6.99. The second kappa shape index (κ2) is 31.4. The first-order valence-electron chi connectivity index (χ1n) is 30.9. The molecule has 3 amide bonds. The standard InChI is InChI=1S/C31H48N4O4S.C27H41N3O5S.C4H9N/c1-4-5-6-7-8-9-10-13-28-32-30(37)31(33-28)15-19-35(20-16-31)40(38,39)21-14-27-24(2)22-26(23-25(27)3)29(36)34-17-11-12-18-34;1-4-5-6-7-8-9-10-11-24-28-26(33)27(29-24)13-15-30(16-14-27)36(34,35)17-12-23-20(2)18-22(25(31)32)19-21(23)3;1-2-4-5-3-1/h22-23H,4-21H2,1-3H3,(H,32,33,37);18-19H,4-17H2,1-3H3,(H,31,32)(H,28,29,33);5H,1-4H2. The zero-order valence-electron chi connectivity index (χ0n) is 50.0. The Morgan fingerprint density at radius 3 is 1.22 bits per heavy atom. The molecule has 6 aliphatic rings. The minimum Gasteiger partial charge on any atom is -0.478 e. The molecule has 6 aliphatic heterocycles. The Morgan fingerprint density at radius 1 is 0.519 bits per heavy atom. The lowest BCUT2D eigenvalue weighted by Crippen LogP contribution is -2.50. The fourth-order valence-electron chi connectivity index (χ4n) is 12.3. The van der Waals surface area contributed by atoms with Crippen molar-refractivity contribution in [3.8, 4) is 0 Å². The number of benzene rings is 2. The smallest absolute Gasteiger partial charge is 0.335 e. The van der Waals surface area contributed by atoms with Crippen LogP contribution in [-0.4, -0.2) is 146 Å². The first-order valence-corrected chi connectivity index (χ1v) is 34.1. The van der Waals surface area contributed by atoms with Crippen LogP contribution in [0.1, 0.15) is 222 Å². The van der Waals surface area contributed by atoms with Crippen LogP contribution in [0.2, 0.25) is 0 Å². The van der Waals surface area contributed by atoms with Gasteiger partial charge in [-0.2, -0.15) is 0 Å². The average molecular weight is 1160 g/mol. The molecule has 6 heterocycles. The number of carboxylic acids is 1. The number of piperidine rings is 2. The number of carboxylic acid groups (broad SMARTS) is 1. The van der Waals surface area contributed by atoms with Crippen LogP contribution in [0.3, 0.4) is 0 Å². The molecule has 4 fully saturated rings. The van der Waals surface area contributed by atoms with Crippen molar-refractivity contribution >= 4 is 55.4 Å². The van der Waals surface area contributed by atoms with Gasteiger partial charge in [-0.1, -0.05) is 90.9 Å². The zero-order chi connectivity index (χ0) is 58.6. The van der Waals surface area contributed by atoms with Crippen molar-refractivity contribution < 1.29 is 41.1 Å². The summed E-state index contributed by atoms with van der Waals surface area (Å²) < 4.78 is 55.7. The summed E-state index contributed by atoms with van der Waals surface area (Å²) in [5.74, 6) is 0.390. The number of nitrogens with zero attached hydrogens (tertiary/aromatic N) is 5. The van der Waals surface area contributed by atoms with E-state index in [1.807, 2.05) is 44.7 Å². The third-order valence-electron chi connectivity index (χ3n) is 17.4. The molecule has 2 aromatic rings. The number of aliphatic imine (C=N–C) groups is 2. The maximum atomic E-state index is 13.3. The number of unbranched alkanes of at least 4 members (excludes halogenated alkanes) is 12. The van der Waals surface area contributed by atoms with E-state index in [1.165, 1.54) is 98.7 Å². The van der Waals surface area contributed by atoms with Crippen LogP contribution >= 0.6 is 0 Å². The SMILES string of the molecule is C1CCNC1.CCCCCCCCCC1=NC2(CCN(S(=O)(=O)CCc3c(C)cc(C(=O)N4CCCC4)cc3C)CC2)C(=O)N1.CCCCCCCCCC1=NC2(CCN(S(=O)(=O)CCc3c(C)cc(C(=O)O)cc3C)CC2)C(=O)N1. The number of nitrogens with one attached hydrogen (secondary N) is 3. The molecular formula is C62H98N8O9S2. The van der Waals surface area contributed by atoms with Crippen molar-refractivity contribution in [3.05, 3.63) is 68.8 Å². The first-order chi connectivity index (χ1) is 38.7. The van der Waals surface area contributed by atoms with E-state index < -0.39 is 37.1 Å². The van der Waals surface area contributed by atoms with Crippen molar-refractivity contribution in [1.82, 2.24) is 29.5 Å². The highest BCUT2D eigenvalue weighted by molar-refractivity contribution is 7.89. The van der Waals surface area contributed by atoms with Gasteiger partial charge in [0.1, 0.15) is 22.7 Å². The Balaban J connectivity index is 0.000000241. The monoisotopic (exact) mass is 1160 g/mol. The summed E-state index contributed by atoms with van der Waals surface area (Å²) in [5.41, 5.74) is 4.59. The summed E-state index contributed by atoms with van der Waals surface area (Å²) in [6.07, 6.45) is 25.7. The van der Waals surface area contributed by atoms with Crippen molar-refractivity contribution in [1.29, 1.82) is 0 Å². The van der Waals surface area contributed by atoms with E-state index in [9.17, 15) is 41.1 Å². The molecule has 17 nitrogen and oxygen atoms in total. The Bertz CT molecular complexity index is 2680. The van der Waals surface area contributed by atoms with Crippen LogP contribution < -0.4 is 16.0 Å². The van der Waals surface area contributed by atoms with Crippen molar-refractivity contribution in [3.63, 3.8) is 0 Å².